The molecular weight excluding hydrogens is 252 g/mol. The molecule has 2 amide bonds. The van der Waals surface area contributed by atoms with E-state index in [1.807, 2.05) is 13.8 Å². The molecule has 2 N–H and O–H groups in total. The molecule has 0 atom stereocenters. The molecule has 1 aromatic rings. The van der Waals surface area contributed by atoms with Crippen LogP contribution in [0.3, 0.4) is 0 Å². The highest BCUT2D eigenvalue weighted by molar-refractivity contribution is 6.29. The lowest BCUT2D eigenvalue weighted by Gasteiger charge is -2.08. The summed E-state index contributed by atoms with van der Waals surface area (Å²) in [7, 11) is 0. The number of alkyl halides is 1. The van der Waals surface area contributed by atoms with E-state index in [2.05, 4.69) is 10.6 Å². The number of halogens is 1. The van der Waals surface area contributed by atoms with E-state index in [1.54, 1.807) is 24.3 Å². The third-order valence-electron chi connectivity index (χ3n) is 2.22. The van der Waals surface area contributed by atoms with Crippen LogP contribution < -0.4 is 10.6 Å². The van der Waals surface area contributed by atoms with Crippen molar-refractivity contribution in [3.05, 3.63) is 29.8 Å². The number of hydrogen-bond donors (Lipinski definition) is 2. The summed E-state index contributed by atoms with van der Waals surface area (Å²) in [6.45, 7) is 4.71. The van der Waals surface area contributed by atoms with Crippen LogP contribution in [-0.2, 0) is 4.79 Å². The Morgan fingerprint density at radius 2 is 1.83 bits per heavy atom. The lowest BCUT2D eigenvalue weighted by atomic mass is 10.1. The maximum atomic E-state index is 11.7. The summed E-state index contributed by atoms with van der Waals surface area (Å²) in [5.41, 5.74) is 1.19. The Morgan fingerprint density at radius 1 is 1.22 bits per heavy atom. The molecule has 0 fully saturated rings. The molecule has 0 bridgehead atoms. The maximum Gasteiger partial charge on any atom is 0.251 e. The van der Waals surface area contributed by atoms with Crippen LogP contribution in [0.4, 0.5) is 5.69 Å². The van der Waals surface area contributed by atoms with Crippen molar-refractivity contribution in [3.63, 3.8) is 0 Å². The number of amides is 2. The molecule has 1 rings (SSSR count). The lowest BCUT2D eigenvalue weighted by molar-refractivity contribution is -0.113. The minimum atomic E-state index is -0.270. The SMILES string of the molecule is CC(C)CNC(=O)c1ccc(NC(=O)CCl)cc1. The first-order valence-electron chi connectivity index (χ1n) is 5.77. The van der Waals surface area contributed by atoms with E-state index in [-0.39, 0.29) is 17.7 Å². The van der Waals surface area contributed by atoms with Crippen LogP contribution in [0.5, 0.6) is 0 Å². The average molecular weight is 269 g/mol. The van der Waals surface area contributed by atoms with Crippen molar-refractivity contribution >= 4 is 29.1 Å². The van der Waals surface area contributed by atoms with E-state index in [1.165, 1.54) is 0 Å². The Hall–Kier alpha value is -1.55. The topological polar surface area (TPSA) is 58.2 Å². The van der Waals surface area contributed by atoms with Gasteiger partial charge in [-0.3, -0.25) is 9.59 Å². The zero-order valence-corrected chi connectivity index (χ0v) is 11.3. The Morgan fingerprint density at radius 3 is 2.33 bits per heavy atom. The number of rotatable bonds is 5. The van der Waals surface area contributed by atoms with Gasteiger partial charge >= 0.3 is 0 Å². The molecule has 98 valence electrons. The van der Waals surface area contributed by atoms with Gasteiger partial charge in [-0.05, 0) is 30.2 Å². The van der Waals surface area contributed by atoms with Crippen LogP contribution in [0.15, 0.2) is 24.3 Å². The summed E-state index contributed by atoms with van der Waals surface area (Å²) < 4.78 is 0. The summed E-state index contributed by atoms with van der Waals surface area (Å²) in [5, 5.41) is 5.43. The second-order valence-electron chi connectivity index (χ2n) is 4.36. The first kappa shape index (κ1) is 14.5. The fourth-order valence-corrected chi connectivity index (χ4v) is 1.37. The third kappa shape index (κ3) is 4.75. The van der Waals surface area contributed by atoms with Crippen molar-refractivity contribution in [1.29, 1.82) is 0 Å². The molecule has 0 radical (unpaired) electrons. The number of anilines is 1. The highest BCUT2D eigenvalue weighted by Crippen LogP contribution is 2.09. The number of carbonyl (C=O) groups is 2. The van der Waals surface area contributed by atoms with Crippen molar-refractivity contribution in [2.75, 3.05) is 17.7 Å². The molecule has 0 saturated carbocycles. The van der Waals surface area contributed by atoms with Gasteiger partial charge in [-0.2, -0.15) is 0 Å². The van der Waals surface area contributed by atoms with E-state index in [0.29, 0.717) is 23.7 Å². The van der Waals surface area contributed by atoms with Crippen LogP contribution in [0.2, 0.25) is 0 Å². The zero-order valence-electron chi connectivity index (χ0n) is 10.5. The Balaban J connectivity index is 2.59. The molecule has 0 aliphatic carbocycles. The summed E-state index contributed by atoms with van der Waals surface area (Å²) in [4.78, 5) is 22.8. The van der Waals surface area contributed by atoms with Crippen molar-refractivity contribution in [1.82, 2.24) is 5.32 Å². The minimum absolute atomic E-state index is 0.0867. The van der Waals surface area contributed by atoms with Crippen LogP contribution in [-0.4, -0.2) is 24.2 Å². The van der Waals surface area contributed by atoms with Crippen molar-refractivity contribution in [2.24, 2.45) is 5.92 Å². The van der Waals surface area contributed by atoms with Gasteiger partial charge in [0.05, 0.1) is 0 Å². The van der Waals surface area contributed by atoms with Crippen LogP contribution in [0.1, 0.15) is 24.2 Å². The normalized spacial score (nSPS) is 10.2. The van der Waals surface area contributed by atoms with Crippen LogP contribution >= 0.6 is 11.6 Å². The Kier molecular flexibility index (Phi) is 5.65. The molecule has 0 heterocycles. The molecular formula is C13H17ClN2O2. The van der Waals surface area contributed by atoms with E-state index in [9.17, 15) is 9.59 Å². The van der Waals surface area contributed by atoms with Gasteiger partial charge in [-0.1, -0.05) is 13.8 Å². The van der Waals surface area contributed by atoms with Crippen molar-refractivity contribution in [3.8, 4) is 0 Å². The van der Waals surface area contributed by atoms with Gasteiger partial charge in [0.15, 0.2) is 0 Å². The Labute approximate surface area is 112 Å². The second kappa shape index (κ2) is 7.01. The number of nitrogens with one attached hydrogen (secondary N) is 2. The predicted octanol–water partition coefficient (Wildman–Crippen LogP) is 2.25. The standard InChI is InChI=1S/C13H17ClN2O2/c1-9(2)8-15-13(18)10-3-5-11(6-4-10)16-12(17)7-14/h3-6,9H,7-8H2,1-2H3,(H,15,18)(H,16,17). The van der Waals surface area contributed by atoms with Gasteiger partial charge in [0, 0.05) is 17.8 Å². The number of hydrogen-bond acceptors (Lipinski definition) is 2. The fraction of sp³-hybridized carbons (Fsp3) is 0.385. The highest BCUT2D eigenvalue weighted by Gasteiger charge is 2.06. The van der Waals surface area contributed by atoms with Crippen LogP contribution in [0, 0.1) is 5.92 Å². The van der Waals surface area contributed by atoms with Gasteiger partial charge < -0.3 is 10.6 Å². The van der Waals surface area contributed by atoms with Gasteiger partial charge in [-0.15, -0.1) is 11.6 Å². The van der Waals surface area contributed by atoms with Crippen molar-refractivity contribution < 1.29 is 9.59 Å². The smallest absolute Gasteiger partial charge is 0.251 e. The summed E-state index contributed by atoms with van der Waals surface area (Å²) >= 11 is 5.38. The lowest BCUT2D eigenvalue weighted by Crippen LogP contribution is -2.27. The highest BCUT2D eigenvalue weighted by atomic mass is 35.5. The molecule has 1 aromatic carbocycles. The largest absolute Gasteiger partial charge is 0.352 e. The van der Waals surface area contributed by atoms with E-state index in [4.69, 9.17) is 11.6 Å². The molecule has 4 nitrogen and oxygen atoms in total. The fourth-order valence-electron chi connectivity index (χ4n) is 1.30. The monoisotopic (exact) mass is 268 g/mol. The summed E-state index contributed by atoms with van der Waals surface area (Å²) in [6.07, 6.45) is 0. The quantitative estimate of drug-likeness (QED) is 0.805. The van der Waals surface area contributed by atoms with Gasteiger partial charge in [0.25, 0.3) is 5.91 Å². The molecule has 0 unspecified atom stereocenters. The first-order valence-corrected chi connectivity index (χ1v) is 6.30. The molecule has 0 aliphatic heterocycles. The molecule has 0 spiro atoms. The van der Waals surface area contributed by atoms with Gasteiger partial charge in [0.1, 0.15) is 5.88 Å². The minimum Gasteiger partial charge on any atom is -0.352 e. The van der Waals surface area contributed by atoms with E-state index in [0.717, 1.165) is 0 Å². The van der Waals surface area contributed by atoms with E-state index < -0.39 is 0 Å². The third-order valence-corrected chi connectivity index (χ3v) is 2.47. The van der Waals surface area contributed by atoms with Crippen molar-refractivity contribution in [2.45, 2.75) is 13.8 Å². The summed E-state index contributed by atoms with van der Waals surface area (Å²) in [5.74, 6) is -0.0554. The van der Waals surface area contributed by atoms with E-state index >= 15 is 0 Å². The average Bonchev–Trinajstić information content (AvgIpc) is 2.36. The molecule has 0 aliphatic rings. The van der Waals surface area contributed by atoms with Gasteiger partial charge in [0.2, 0.25) is 5.91 Å². The van der Waals surface area contributed by atoms with Gasteiger partial charge in [-0.25, -0.2) is 0 Å². The molecule has 18 heavy (non-hydrogen) atoms. The van der Waals surface area contributed by atoms with Crippen LogP contribution in [0.25, 0.3) is 0 Å². The predicted molar refractivity (Wildman–Crippen MR) is 73.0 cm³/mol. The second-order valence-corrected chi connectivity index (χ2v) is 4.63. The molecule has 0 saturated heterocycles. The number of benzene rings is 1. The first-order chi connectivity index (χ1) is 8.52. The zero-order chi connectivity index (χ0) is 13.5. The Bertz CT molecular complexity index is 416. The maximum absolute atomic E-state index is 11.7. The summed E-state index contributed by atoms with van der Waals surface area (Å²) in [6, 6.07) is 6.68. The number of carbonyl (C=O) groups excluding carboxylic acids is 2. The molecule has 5 heteroatoms. The molecule has 0 aromatic heterocycles.